The Hall–Kier alpha value is -1.12. The van der Waals surface area contributed by atoms with Gasteiger partial charge in [-0.15, -0.1) is 0 Å². The molecule has 1 aliphatic rings. The Morgan fingerprint density at radius 1 is 1.37 bits per heavy atom. The van der Waals surface area contributed by atoms with Gasteiger partial charge < -0.3 is 10.6 Å². The van der Waals surface area contributed by atoms with Gasteiger partial charge in [-0.1, -0.05) is 0 Å². The summed E-state index contributed by atoms with van der Waals surface area (Å²) in [6, 6.07) is -0.0721. The number of rotatable bonds is 2. The quantitative estimate of drug-likeness (QED) is 0.808. The molecule has 8 heteroatoms. The van der Waals surface area contributed by atoms with Gasteiger partial charge >= 0.3 is 0 Å². The molecule has 1 atom stereocenters. The fraction of sp³-hybridized carbons (Fsp3) is 0.727. The monoisotopic (exact) mass is 287 g/mol. The van der Waals surface area contributed by atoms with Gasteiger partial charge in [0.15, 0.2) is 5.82 Å². The zero-order chi connectivity index (χ0) is 14.2. The second kappa shape index (κ2) is 5.10. The first-order valence-electron chi connectivity index (χ1n) is 6.32. The van der Waals surface area contributed by atoms with Gasteiger partial charge in [-0.2, -0.15) is 9.40 Å². The van der Waals surface area contributed by atoms with Crippen molar-refractivity contribution in [1.29, 1.82) is 0 Å². The molecule has 0 aliphatic carbocycles. The van der Waals surface area contributed by atoms with E-state index in [4.69, 9.17) is 5.73 Å². The number of anilines is 1. The molecule has 2 rings (SSSR count). The van der Waals surface area contributed by atoms with Crippen molar-refractivity contribution in [2.75, 3.05) is 32.4 Å². The summed E-state index contributed by atoms with van der Waals surface area (Å²) in [6.45, 7) is 4.06. The van der Waals surface area contributed by atoms with Gasteiger partial charge in [0.1, 0.15) is 4.90 Å². The molecule has 0 radical (unpaired) electrons. The summed E-state index contributed by atoms with van der Waals surface area (Å²) in [7, 11) is 0.0972. The van der Waals surface area contributed by atoms with Crippen molar-refractivity contribution in [2.24, 2.45) is 7.05 Å². The third-order valence-electron chi connectivity index (χ3n) is 3.39. The number of sulfonamides is 1. The van der Waals surface area contributed by atoms with Crippen molar-refractivity contribution in [1.82, 2.24) is 19.0 Å². The largest absolute Gasteiger partial charge is 0.381 e. The lowest BCUT2D eigenvalue weighted by Gasteiger charge is -2.26. The van der Waals surface area contributed by atoms with Crippen molar-refractivity contribution in [3.05, 3.63) is 6.20 Å². The van der Waals surface area contributed by atoms with Gasteiger partial charge in [-0.25, -0.2) is 8.42 Å². The van der Waals surface area contributed by atoms with Gasteiger partial charge in [0.05, 0.1) is 0 Å². The number of nitrogen functional groups attached to an aromatic ring is 1. The molecule has 2 heterocycles. The smallest absolute Gasteiger partial charge is 0.248 e. The van der Waals surface area contributed by atoms with Crippen molar-refractivity contribution >= 4 is 15.8 Å². The molecule has 7 nitrogen and oxygen atoms in total. The average Bonchev–Trinajstić information content (AvgIpc) is 2.53. The minimum Gasteiger partial charge on any atom is -0.381 e. The summed E-state index contributed by atoms with van der Waals surface area (Å²) in [5.41, 5.74) is 5.70. The van der Waals surface area contributed by atoms with Crippen molar-refractivity contribution in [2.45, 2.75) is 24.3 Å². The Balaban J connectivity index is 2.36. The van der Waals surface area contributed by atoms with E-state index in [1.807, 2.05) is 14.0 Å². The molecule has 1 aliphatic heterocycles. The maximum absolute atomic E-state index is 12.7. The summed E-state index contributed by atoms with van der Waals surface area (Å²) in [5.74, 6) is 0.0623. The molecule has 1 aromatic heterocycles. The molecule has 1 aromatic rings. The van der Waals surface area contributed by atoms with E-state index < -0.39 is 10.0 Å². The molecule has 1 saturated heterocycles. The lowest BCUT2D eigenvalue weighted by Crippen LogP contribution is -2.42. The molecule has 2 N–H and O–H groups in total. The highest BCUT2D eigenvalue weighted by Gasteiger charge is 2.33. The number of aromatic nitrogens is 2. The summed E-state index contributed by atoms with van der Waals surface area (Å²) in [4.78, 5) is 2.25. The van der Waals surface area contributed by atoms with Crippen LogP contribution in [0.3, 0.4) is 0 Å². The van der Waals surface area contributed by atoms with Gasteiger partial charge in [-0.05, 0) is 26.9 Å². The van der Waals surface area contributed by atoms with E-state index >= 15 is 0 Å². The van der Waals surface area contributed by atoms with E-state index in [2.05, 4.69) is 10.00 Å². The molecule has 0 spiro atoms. The molecule has 1 fully saturated rings. The first-order chi connectivity index (χ1) is 8.82. The van der Waals surface area contributed by atoms with E-state index in [9.17, 15) is 8.42 Å². The summed E-state index contributed by atoms with van der Waals surface area (Å²) >= 11 is 0. The number of aryl methyl sites for hydroxylation is 1. The van der Waals surface area contributed by atoms with E-state index in [0.717, 1.165) is 19.5 Å². The zero-order valence-electron chi connectivity index (χ0n) is 11.6. The second-order valence-electron chi connectivity index (χ2n) is 5.13. The van der Waals surface area contributed by atoms with Crippen LogP contribution in [-0.4, -0.2) is 60.1 Å². The second-order valence-corrected chi connectivity index (χ2v) is 6.99. The number of hydrogen-bond donors (Lipinski definition) is 1. The molecule has 108 valence electrons. The normalized spacial score (nSPS) is 23.4. The van der Waals surface area contributed by atoms with Gasteiger partial charge in [0.2, 0.25) is 10.0 Å². The van der Waals surface area contributed by atoms with Crippen LogP contribution in [0.2, 0.25) is 0 Å². The third kappa shape index (κ3) is 2.75. The van der Waals surface area contributed by atoms with Crippen LogP contribution in [0.1, 0.15) is 13.3 Å². The minimum atomic E-state index is -3.57. The Labute approximate surface area is 114 Å². The van der Waals surface area contributed by atoms with E-state index in [1.54, 1.807) is 7.05 Å². The first-order valence-corrected chi connectivity index (χ1v) is 7.76. The summed E-state index contributed by atoms with van der Waals surface area (Å²) in [5, 5.41) is 3.91. The van der Waals surface area contributed by atoms with Crippen LogP contribution < -0.4 is 5.73 Å². The van der Waals surface area contributed by atoms with Crippen LogP contribution in [0.5, 0.6) is 0 Å². The van der Waals surface area contributed by atoms with Crippen molar-refractivity contribution in [3.63, 3.8) is 0 Å². The number of hydrogen-bond acceptors (Lipinski definition) is 5. The minimum absolute atomic E-state index is 0.0623. The Kier molecular flexibility index (Phi) is 3.84. The Morgan fingerprint density at radius 2 is 2.05 bits per heavy atom. The van der Waals surface area contributed by atoms with Crippen LogP contribution in [0.25, 0.3) is 0 Å². The third-order valence-corrected chi connectivity index (χ3v) is 5.42. The maximum atomic E-state index is 12.7. The van der Waals surface area contributed by atoms with Crippen molar-refractivity contribution in [3.8, 4) is 0 Å². The highest BCUT2D eigenvalue weighted by atomic mass is 32.2. The number of likely N-dealkylation sites (N-methyl/N-ethyl adjacent to an activating group) is 1. The molecular weight excluding hydrogens is 266 g/mol. The molecule has 0 aromatic carbocycles. The lowest BCUT2D eigenvalue weighted by atomic mass is 10.3. The van der Waals surface area contributed by atoms with Gasteiger partial charge in [0, 0.05) is 32.4 Å². The average molecular weight is 287 g/mol. The molecular formula is C11H21N5O2S. The van der Waals surface area contributed by atoms with E-state index in [-0.39, 0.29) is 16.8 Å². The Bertz CT molecular complexity index is 553. The van der Waals surface area contributed by atoms with E-state index in [1.165, 1.54) is 15.2 Å². The molecule has 0 amide bonds. The Morgan fingerprint density at radius 3 is 2.63 bits per heavy atom. The molecule has 19 heavy (non-hydrogen) atoms. The summed E-state index contributed by atoms with van der Waals surface area (Å²) in [6.07, 6.45) is 2.28. The van der Waals surface area contributed by atoms with Gasteiger partial charge in [-0.3, -0.25) is 4.68 Å². The van der Waals surface area contributed by atoms with Crippen molar-refractivity contribution < 1.29 is 8.42 Å². The van der Waals surface area contributed by atoms with Crippen LogP contribution in [0, 0.1) is 0 Å². The fourth-order valence-corrected chi connectivity index (χ4v) is 4.27. The lowest BCUT2D eigenvalue weighted by molar-refractivity contribution is 0.290. The van der Waals surface area contributed by atoms with Gasteiger partial charge in [0.25, 0.3) is 0 Å². The van der Waals surface area contributed by atoms with Crippen LogP contribution in [0.4, 0.5) is 5.82 Å². The standard InChI is InChI=1S/C11H21N5O2S/c1-9-7-14(2)5-4-6-16(9)19(17,18)10-8-15(3)13-11(10)12/h8-9H,4-7H2,1-3H3,(H2,12,13). The highest BCUT2D eigenvalue weighted by Crippen LogP contribution is 2.24. The fourth-order valence-electron chi connectivity index (χ4n) is 2.52. The number of nitrogens with two attached hydrogens (primary N) is 1. The summed E-state index contributed by atoms with van der Waals surface area (Å²) < 4.78 is 28.3. The zero-order valence-corrected chi connectivity index (χ0v) is 12.4. The van der Waals surface area contributed by atoms with E-state index in [0.29, 0.717) is 6.54 Å². The predicted molar refractivity (Wildman–Crippen MR) is 73.1 cm³/mol. The first kappa shape index (κ1) is 14.3. The van der Waals surface area contributed by atoms with Crippen LogP contribution in [0.15, 0.2) is 11.1 Å². The topological polar surface area (TPSA) is 84.5 Å². The predicted octanol–water partition coefficient (Wildman–Crippen LogP) is -0.283. The number of nitrogens with zero attached hydrogens (tertiary/aromatic N) is 4. The van der Waals surface area contributed by atoms with Crippen LogP contribution >= 0.6 is 0 Å². The van der Waals surface area contributed by atoms with Crippen LogP contribution in [-0.2, 0) is 17.1 Å². The highest BCUT2D eigenvalue weighted by molar-refractivity contribution is 7.89. The molecule has 0 bridgehead atoms. The molecule has 0 saturated carbocycles. The maximum Gasteiger partial charge on any atom is 0.248 e. The SMILES string of the molecule is CC1CN(C)CCCN1S(=O)(=O)c1cn(C)nc1N. The molecule has 1 unspecified atom stereocenters.